The van der Waals surface area contributed by atoms with Gasteiger partial charge in [0.05, 0.1) is 25.7 Å². The molecular formula is C14H29NO4. The Bertz CT molecular complexity index is 238. The molecule has 0 heterocycles. The monoisotopic (exact) mass is 275 g/mol. The Hall–Kier alpha value is -0.650. The van der Waals surface area contributed by atoms with Crippen molar-refractivity contribution in [3.05, 3.63) is 0 Å². The molecule has 0 aliphatic carbocycles. The van der Waals surface area contributed by atoms with Crippen LogP contribution in [0.1, 0.15) is 33.6 Å². The van der Waals surface area contributed by atoms with E-state index in [0.29, 0.717) is 39.4 Å². The maximum Gasteiger partial charge on any atom is 0.310 e. The van der Waals surface area contributed by atoms with E-state index in [1.165, 1.54) is 0 Å². The number of hydrogen-bond acceptors (Lipinski definition) is 5. The van der Waals surface area contributed by atoms with Crippen LogP contribution in [-0.4, -0.2) is 46.1 Å². The Kier molecular flexibility index (Phi) is 9.83. The molecule has 0 fully saturated rings. The van der Waals surface area contributed by atoms with Crippen LogP contribution in [-0.2, 0) is 19.0 Å². The molecule has 19 heavy (non-hydrogen) atoms. The summed E-state index contributed by atoms with van der Waals surface area (Å²) in [5, 5.41) is 0. The first-order chi connectivity index (χ1) is 8.90. The van der Waals surface area contributed by atoms with E-state index in [-0.39, 0.29) is 17.3 Å². The lowest BCUT2D eigenvalue weighted by Gasteiger charge is -2.23. The van der Waals surface area contributed by atoms with Gasteiger partial charge in [0.2, 0.25) is 0 Å². The zero-order valence-corrected chi connectivity index (χ0v) is 12.7. The molecule has 0 radical (unpaired) electrons. The minimum atomic E-state index is -0.214. The fourth-order valence-corrected chi connectivity index (χ4v) is 1.70. The van der Waals surface area contributed by atoms with Gasteiger partial charge in [-0.1, -0.05) is 20.8 Å². The summed E-state index contributed by atoms with van der Waals surface area (Å²) in [6.45, 7) is 8.71. The Morgan fingerprint density at radius 1 is 1.16 bits per heavy atom. The normalized spacial score (nSPS) is 13.3. The zero-order chi connectivity index (χ0) is 14.7. The van der Waals surface area contributed by atoms with Crippen molar-refractivity contribution in [2.24, 2.45) is 17.1 Å². The first-order valence-electron chi connectivity index (χ1n) is 6.84. The van der Waals surface area contributed by atoms with E-state index in [1.54, 1.807) is 7.11 Å². The Labute approximate surface area is 116 Å². The van der Waals surface area contributed by atoms with Crippen LogP contribution >= 0.6 is 0 Å². The van der Waals surface area contributed by atoms with Crippen LogP contribution in [0.4, 0.5) is 0 Å². The maximum absolute atomic E-state index is 11.8. The van der Waals surface area contributed by atoms with Crippen LogP contribution in [0.3, 0.4) is 0 Å². The third-order valence-corrected chi connectivity index (χ3v) is 2.59. The van der Waals surface area contributed by atoms with Crippen LogP contribution < -0.4 is 5.73 Å². The quantitative estimate of drug-likeness (QED) is 0.484. The van der Waals surface area contributed by atoms with E-state index in [2.05, 4.69) is 20.8 Å². The van der Waals surface area contributed by atoms with Crippen LogP contribution in [0.25, 0.3) is 0 Å². The molecule has 0 amide bonds. The molecule has 0 saturated heterocycles. The summed E-state index contributed by atoms with van der Waals surface area (Å²) >= 11 is 0. The van der Waals surface area contributed by atoms with Gasteiger partial charge in [0.1, 0.15) is 0 Å². The van der Waals surface area contributed by atoms with E-state index >= 15 is 0 Å². The first-order valence-corrected chi connectivity index (χ1v) is 6.84. The fourth-order valence-electron chi connectivity index (χ4n) is 1.70. The summed E-state index contributed by atoms with van der Waals surface area (Å²) in [7, 11) is 1.63. The van der Waals surface area contributed by atoms with Gasteiger partial charge in [-0.15, -0.1) is 0 Å². The summed E-state index contributed by atoms with van der Waals surface area (Å²) in [5.41, 5.74) is 5.70. The number of methoxy groups -OCH3 is 1. The van der Waals surface area contributed by atoms with Gasteiger partial charge < -0.3 is 19.9 Å². The SMILES string of the molecule is COCCOCCCOC(=O)C(CN)CC(C)(C)C. The molecule has 0 aromatic heterocycles. The minimum Gasteiger partial charge on any atom is -0.465 e. The van der Waals surface area contributed by atoms with E-state index in [0.717, 1.165) is 6.42 Å². The second kappa shape index (κ2) is 10.2. The largest absolute Gasteiger partial charge is 0.465 e. The smallest absolute Gasteiger partial charge is 0.310 e. The molecule has 0 aromatic carbocycles. The summed E-state index contributed by atoms with van der Waals surface area (Å²) in [6.07, 6.45) is 1.44. The van der Waals surface area contributed by atoms with Gasteiger partial charge in [0.25, 0.3) is 0 Å². The first kappa shape index (κ1) is 18.4. The average Bonchev–Trinajstić information content (AvgIpc) is 2.33. The average molecular weight is 275 g/mol. The second-order valence-corrected chi connectivity index (χ2v) is 5.82. The molecule has 0 rings (SSSR count). The summed E-state index contributed by atoms with van der Waals surface area (Å²) in [4.78, 5) is 11.8. The lowest BCUT2D eigenvalue weighted by atomic mass is 9.85. The standard InChI is InChI=1S/C14H29NO4/c1-14(2,3)10-12(11-15)13(16)19-7-5-6-18-9-8-17-4/h12H,5-11,15H2,1-4H3. The second-order valence-electron chi connectivity index (χ2n) is 5.82. The van der Waals surface area contributed by atoms with Gasteiger partial charge in [-0.25, -0.2) is 0 Å². The summed E-state index contributed by atoms with van der Waals surface area (Å²) < 4.78 is 15.4. The molecular weight excluding hydrogens is 246 g/mol. The van der Waals surface area contributed by atoms with E-state index in [4.69, 9.17) is 19.9 Å². The molecule has 2 N–H and O–H groups in total. The van der Waals surface area contributed by atoms with Crippen molar-refractivity contribution in [1.82, 2.24) is 0 Å². The zero-order valence-electron chi connectivity index (χ0n) is 12.7. The van der Waals surface area contributed by atoms with Crippen LogP contribution in [0, 0.1) is 11.3 Å². The number of ether oxygens (including phenoxy) is 3. The topological polar surface area (TPSA) is 70.8 Å². The number of carbonyl (C=O) groups excluding carboxylic acids is 1. The maximum atomic E-state index is 11.8. The number of esters is 1. The van der Waals surface area contributed by atoms with Gasteiger partial charge in [0, 0.05) is 26.7 Å². The van der Waals surface area contributed by atoms with E-state index in [9.17, 15) is 4.79 Å². The Morgan fingerprint density at radius 3 is 2.37 bits per heavy atom. The highest BCUT2D eigenvalue weighted by Gasteiger charge is 2.24. The molecule has 0 aliphatic rings. The molecule has 0 aliphatic heterocycles. The van der Waals surface area contributed by atoms with Crippen molar-refractivity contribution in [3.63, 3.8) is 0 Å². The van der Waals surface area contributed by atoms with Gasteiger partial charge in [-0.05, 0) is 11.8 Å². The highest BCUT2D eigenvalue weighted by molar-refractivity contribution is 5.72. The van der Waals surface area contributed by atoms with Crippen LogP contribution in [0.5, 0.6) is 0 Å². The molecule has 1 unspecified atom stereocenters. The van der Waals surface area contributed by atoms with Crippen molar-refractivity contribution in [2.45, 2.75) is 33.6 Å². The third-order valence-electron chi connectivity index (χ3n) is 2.59. The van der Waals surface area contributed by atoms with Gasteiger partial charge in [0.15, 0.2) is 0 Å². The lowest BCUT2D eigenvalue weighted by Crippen LogP contribution is -2.30. The molecule has 0 spiro atoms. The summed E-state index contributed by atoms with van der Waals surface area (Å²) in [5.74, 6) is -0.413. The van der Waals surface area contributed by atoms with E-state index in [1.807, 2.05) is 0 Å². The molecule has 0 aromatic rings. The van der Waals surface area contributed by atoms with Crippen molar-refractivity contribution >= 4 is 5.97 Å². The minimum absolute atomic E-state index is 0.0757. The predicted molar refractivity (Wildman–Crippen MR) is 74.9 cm³/mol. The van der Waals surface area contributed by atoms with E-state index < -0.39 is 0 Å². The highest BCUT2D eigenvalue weighted by atomic mass is 16.5. The van der Waals surface area contributed by atoms with Crippen molar-refractivity contribution in [2.75, 3.05) is 40.1 Å². The molecule has 1 atom stereocenters. The lowest BCUT2D eigenvalue weighted by molar-refractivity contribution is -0.149. The number of nitrogens with two attached hydrogens (primary N) is 1. The van der Waals surface area contributed by atoms with Gasteiger partial charge >= 0.3 is 5.97 Å². The molecule has 5 heteroatoms. The summed E-state index contributed by atoms with van der Waals surface area (Å²) in [6, 6.07) is 0. The predicted octanol–water partition coefficient (Wildman–Crippen LogP) is 1.59. The van der Waals surface area contributed by atoms with Crippen molar-refractivity contribution < 1.29 is 19.0 Å². The molecule has 5 nitrogen and oxygen atoms in total. The number of hydrogen-bond donors (Lipinski definition) is 1. The van der Waals surface area contributed by atoms with Gasteiger partial charge in [-0.3, -0.25) is 4.79 Å². The van der Waals surface area contributed by atoms with Crippen molar-refractivity contribution in [3.8, 4) is 0 Å². The third kappa shape index (κ3) is 10.9. The van der Waals surface area contributed by atoms with Crippen LogP contribution in [0.15, 0.2) is 0 Å². The molecule has 114 valence electrons. The van der Waals surface area contributed by atoms with Gasteiger partial charge in [-0.2, -0.15) is 0 Å². The van der Waals surface area contributed by atoms with Crippen LogP contribution in [0.2, 0.25) is 0 Å². The molecule has 0 saturated carbocycles. The van der Waals surface area contributed by atoms with Crippen molar-refractivity contribution in [1.29, 1.82) is 0 Å². The Balaban J connectivity index is 3.71. The number of rotatable bonds is 10. The molecule has 0 bridgehead atoms. The fraction of sp³-hybridized carbons (Fsp3) is 0.929. The highest BCUT2D eigenvalue weighted by Crippen LogP contribution is 2.24. The number of carbonyl (C=O) groups is 1. The Morgan fingerprint density at radius 2 is 1.84 bits per heavy atom.